The number of nitrogens with one attached hydrogen (secondary N) is 1. The summed E-state index contributed by atoms with van der Waals surface area (Å²) in [5.74, 6) is 0. The van der Waals surface area contributed by atoms with Crippen LogP contribution in [0.3, 0.4) is 0 Å². The lowest BCUT2D eigenvalue weighted by Gasteiger charge is -1.98. The van der Waals surface area contributed by atoms with Gasteiger partial charge in [0.2, 0.25) is 0 Å². The van der Waals surface area contributed by atoms with E-state index in [9.17, 15) is 4.79 Å². The van der Waals surface area contributed by atoms with Gasteiger partial charge in [0.15, 0.2) is 0 Å². The van der Waals surface area contributed by atoms with Crippen LogP contribution < -0.4 is 5.56 Å². The number of halogens is 1. The van der Waals surface area contributed by atoms with Crippen LogP contribution in [-0.4, -0.2) is 20.9 Å². The molecule has 2 aromatic heterocycles. The molecule has 0 bridgehead atoms. The zero-order valence-corrected chi connectivity index (χ0v) is 12.7. The average Bonchev–Trinajstić information content (AvgIpc) is 2.94. The smallest absolute Gasteiger partial charge is 0.298 e. The monoisotopic (exact) mass is 322 g/mol. The number of benzene rings is 2. The lowest BCUT2D eigenvalue weighted by Crippen LogP contribution is -2.17. The van der Waals surface area contributed by atoms with Crippen molar-refractivity contribution in [2.24, 2.45) is 5.10 Å². The van der Waals surface area contributed by atoms with Gasteiger partial charge in [0.1, 0.15) is 17.4 Å². The minimum absolute atomic E-state index is 0.246. The summed E-state index contributed by atoms with van der Waals surface area (Å²) in [6.45, 7) is 0. The van der Waals surface area contributed by atoms with E-state index in [2.05, 4.69) is 15.1 Å². The molecule has 0 aliphatic heterocycles. The summed E-state index contributed by atoms with van der Waals surface area (Å²) < 4.78 is 1.21. The van der Waals surface area contributed by atoms with Gasteiger partial charge in [-0.05, 0) is 23.8 Å². The van der Waals surface area contributed by atoms with Crippen LogP contribution >= 0.6 is 11.6 Å². The topological polar surface area (TPSA) is 63.0 Å². The van der Waals surface area contributed by atoms with E-state index in [1.807, 2.05) is 36.4 Å². The lowest BCUT2D eigenvalue weighted by atomic mass is 10.2. The van der Waals surface area contributed by atoms with Crippen molar-refractivity contribution < 1.29 is 0 Å². The van der Waals surface area contributed by atoms with Crippen LogP contribution in [-0.2, 0) is 0 Å². The lowest BCUT2D eigenvalue weighted by molar-refractivity contribution is 0.815. The van der Waals surface area contributed by atoms with E-state index in [-0.39, 0.29) is 5.56 Å². The Kier molecular flexibility index (Phi) is 3.20. The van der Waals surface area contributed by atoms with Gasteiger partial charge in [0.25, 0.3) is 5.56 Å². The highest BCUT2D eigenvalue weighted by molar-refractivity contribution is 6.30. The van der Waals surface area contributed by atoms with E-state index >= 15 is 0 Å². The highest BCUT2D eigenvalue weighted by Gasteiger charge is 2.09. The Hall–Kier alpha value is -2.92. The van der Waals surface area contributed by atoms with Crippen LogP contribution in [0.2, 0.25) is 5.02 Å². The van der Waals surface area contributed by atoms with Gasteiger partial charge >= 0.3 is 0 Å². The maximum absolute atomic E-state index is 12.5. The van der Waals surface area contributed by atoms with E-state index in [0.29, 0.717) is 16.1 Å². The predicted molar refractivity (Wildman–Crippen MR) is 92.3 cm³/mol. The molecule has 6 heteroatoms. The fourth-order valence-corrected chi connectivity index (χ4v) is 2.69. The third-order valence-electron chi connectivity index (χ3n) is 3.58. The molecule has 0 radical (unpaired) electrons. The molecule has 2 heterocycles. The predicted octanol–water partition coefficient (Wildman–Crippen LogP) is 3.41. The molecule has 23 heavy (non-hydrogen) atoms. The Morgan fingerprint density at radius 2 is 2.04 bits per heavy atom. The largest absolute Gasteiger partial charge is 0.349 e. The molecule has 112 valence electrons. The third kappa shape index (κ3) is 2.41. The van der Waals surface area contributed by atoms with Gasteiger partial charge < -0.3 is 4.98 Å². The molecule has 4 rings (SSSR count). The van der Waals surface area contributed by atoms with Gasteiger partial charge in [0, 0.05) is 15.9 Å². The number of para-hydroxylation sites is 1. The van der Waals surface area contributed by atoms with Crippen molar-refractivity contribution in [1.29, 1.82) is 0 Å². The number of hydrogen-bond acceptors (Lipinski definition) is 3. The van der Waals surface area contributed by atoms with Crippen molar-refractivity contribution in [3.8, 4) is 0 Å². The number of fused-ring (bicyclic) bond motifs is 3. The van der Waals surface area contributed by atoms with E-state index < -0.39 is 0 Å². The molecular formula is C17H11ClN4O. The Labute approximate surface area is 135 Å². The highest BCUT2D eigenvalue weighted by atomic mass is 35.5. The van der Waals surface area contributed by atoms with Crippen LogP contribution in [0.25, 0.3) is 21.9 Å². The van der Waals surface area contributed by atoms with Gasteiger partial charge in [-0.3, -0.25) is 4.79 Å². The maximum Gasteiger partial charge on any atom is 0.298 e. The molecule has 0 aliphatic carbocycles. The first-order valence-corrected chi connectivity index (χ1v) is 7.38. The first-order valence-electron chi connectivity index (χ1n) is 7.00. The average molecular weight is 323 g/mol. The van der Waals surface area contributed by atoms with Crippen LogP contribution in [0.4, 0.5) is 0 Å². The van der Waals surface area contributed by atoms with E-state index in [1.165, 1.54) is 11.0 Å². The van der Waals surface area contributed by atoms with E-state index in [1.54, 1.807) is 18.3 Å². The van der Waals surface area contributed by atoms with Crippen molar-refractivity contribution in [1.82, 2.24) is 14.6 Å². The zero-order chi connectivity index (χ0) is 15.8. The first kappa shape index (κ1) is 13.7. The minimum Gasteiger partial charge on any atom is -0.349 e. The van der Waals surface area contributed by atoms with Crippen molar-refractivity contribution in [2.75, 3.05) is 0 Å². The van der Waals surface area contributed by atoms with Crippen molar-refractivity contribution in [3.05, 3.63) is 75.8 Å². The second-order valence-corrected chi connectivity index (χ2v) is 5.52. The fraction of sp³-hybridized carbons (Fsp3) is 0. The minimum atomic E-state index is -0.246. The molecule has 2 aromatic carbocycles. The molecule has 5 nitrogen and oxygen atoms in total. The van der Waals surface area contributed by atoms with E-state index in [4.69, 9.17) is 11.6 Å². The summed E-state index contributed by atoms with van der Waals surface area (Å²) in [6, 6.07) is 14.9. The quantitative estimate of drug-likeness (QED) is 0.575. The van der Waals surface area contributed by atoms with Gasteiger partial charge in [-0.1, -0.05) is 41.9 Å². The highest BCUT2D eigenvalue weighted by Crippen LogP contribution is 2.20. The normalized spacial score (nSPS) is 11.7. The summed E-state index contributed by atoms with van der Waals surface area (Å²) in [6.07, 6.45) is 3.00. The number of aromatic nitrogens is 3. The van der Waals surface area contributed by atoms with Gasteiger partial charge in [-0.15, -0.1) is 0 Å². The van der Waals surface area contributed by atoms with Crippen LogP contribution in [0.1, 0.15) is 5.56 Å². The van der Waals surface area contributed by atoms with Crippen molar-refractivity contribution in [2.45, 2.75) is 0 Å². The van der Waals surface area contributed by atoms with Crippen LogP contribution in [0.5, 0.6) is 0 Å². The Morgan fingerprint density at radius 3 is 2.91 bits per heavy atom. The molecule has 0 amide bonds. The summed E-state index contributed by atoms with van der Waals surface area (Å²) in [5.41, 5.74) is 2.53. The molecule has 0 atom stereocenters. The molecule has 4 aromatic rings. The number of nitrogens with zero attached hydrogens (tertiary/aromatic N) is 3. The zero-order valence-electron chi connectivity index (χ0n) is 11.9. The Morgan fingerprint density at radius 1 is 1.17 bits per heavy atom. The molecule has 0 saturated carbocycles. The molecule has 1 N–H and O–H groups in total. The first-order chi connectivity index (χ1) is 11.2. The molecule has 0 fully saturated rings. The molecule has 0 spiro atoms. The molecule has 0 aliphatic rings. The second-order valence-electron chi connectivity index (χ2n) is 5.09. The number of H-pyrrole nitrogens is 1. The fourth-order valence-electron chi connectivity index (χ4n) is 2.49. The molecule has 0 unspecified atom stereocenters. The summed E-state index contributed by atoms with van der Waals surface area (Å²) in [5, 5.41) is 5.71. The number of aromatic amines is 1. The Bertz CT molecular complexity index is 1110. The molecule has 0 saturated heterocycles. The van der Waals surface area contributed by atoms with Gasteiger partial charge in [0.05, 0.1) is 6.21 Å². The van der Waals surface area contributed by atoms with Crippen molar-refractivity contribution >= 4 is 39.8 Å². The number of rotatable bonds is 2. The van der Waals surface area contributed by atoms with E-state index in [0.717, 1.165) is 16.5 Å². The number of hydrogen-bond donors (Lipinski definition) is 1. The molecular weight excluding hydrogens is 312 g/mol. The van der Waals surface area contributed by atoms with Gasteiger partial charge in [-0.2, -0.15) is 9.78 Å². The van der Waals surface area contributed by atoms with Crippen molar-refractivity contribution in [3.63, 3.8) is 0 Å². The van der Waals surface area contributed by atoms with Crippen LogP contribution in [0.15, 0.2) is 64.8 Å². The van der Waals surface area contributed by atoms with Crippen LogP contribution in [0, 0.1) is 0 Å². The standard InChI is InChI=1S/C17H11ClN4O/c18-12-5-3-4-11(8-12)9-20-22-10-19-15-13-6-1-2-7-14(13)21-16(15)17(22)23/h1-10,21H/b20-9+. The third-order valence-corrected chi connectivity index (χ3v) is 3.81. The summed E-state index contributed by atoms with van der Waals surface area (Å²) in [7, 11) is 0. The SMILES string of the molecule is O=c1c2[nH]c3ccccc3c2ncn1/N=C/c1cccc(Cl)c1. The summed E-state index contributed by atoms with van der Waals surface area (Å²) >= 11 is 5.93. The van der Waals surface area contributed by atoms with Gasteiger partial charge in [-0.25, -0.2) is 4.98 Å². The maximum atomic E-state index is 12.5. The summed E-state index contributed by atoms with van der Waals surface area (Å²) in [4.78, 5) is 20.0. The second kappa shape index (κ2) is 5.37. The Balaban J connectivity index is 1.83.